The van der Waals surface area contributed by atoms with Gasteiger partial charge in [0.15, 0.2) is 6.61 Å². The molecule has 27 heavy (non-hydrogen) atoms. The van der Waals surface area contributed by atoms with Gasteiger partial charge in [-0.1, -0.05) is 31.2 Å². The van der Waals surface area contributed by atoms with E-state index in [4.69, 9.17) is 9.72 Å². The molecule has 1 fully saturated rings. The first kappa shape index (κ1) is 18.0. The van der Waals surface area contributed by atoms with E-state index in [2.05, 4.69) is 25.1 Å². The van der Waals surface area contributed by atoms with E-state index in [9.17, 15) is 4.79 Å². The maximum Gasteiger partial charge on any atom is 0.260 e. The number of carbonyl (C=O) groups is 1. The van der Waals surface area contributed by atoms with Gasteiger partial charge in [-0.3, -0.25) is 4.79 Å². The van der Waals surface area contributed by atoms with Gasteiger partial charge in [0, 0.05) is 19.0 Å². The molecule has 1 atom stereocenters. The second-order valence-corrected chi connectivity index (χ2v) is 8.05. The fourth-order valence-corrected chi connectivity index (χ4v) is 4.65. The zero-order chi connectivity index (χ0) is 18.6. The summed E-state index contributed by atoms with van der Waals surface area (Å²) >= 11 is 1.75. The van der Waals surface area contributed by atoms with Crippen LogP contribution in [0, 0.1) is 0 Å². The molecule has 5 heteroatoms. The zero-order valence-electron chi connectivity index (χ0n) is 15.6. The quantitative estimate of drug-likeness (QED) is 0.647. The molecule has 0 bridgehead atoms. The van der Waals surface area contributed by atoms with Crippen molar-refractivity contribution in [3.8, 4) is 5.75 Å². The Hall–Kier alpha value is -2.40. The normalized spacial score (nSPS) is 17.2. The number of piperidine rings is 1. The van der Waals surface area contributed by atoms with Crippen LogP contribution in [-0.2, 0) is 11.2 Å². The molecule has 0 spiro atoms. The number of likely N-dealkylation sites (tertiary alicyclic amines) is 1. The standard InChI is InChI=1S/C22H24N2O2S/c1-2-16-7-5-9-18(13-16)26-15-21(25)24-12-6-8-17(14-24)22-23-19-10-3-4-11-20(19)27-22/h3-5,7,9-11,13,17H,2,6,8,12,14-15H2,1H3/t17-/m1/s1. The van der Waals surface area contributed by atoms with Gasteiger partial charge in [-0.05, 0) is 49.1 Å². The average Bonchev–Trinajstić information content (AvgIpc) is 3.16. The minimum absolute atomic E-state index is 0.0581. The number of aryl methyl sites for hydroxylation is 1. The Morgan fingerprint density at radius 3 is 3.00 bits per heavy atom. The summed E-state index contributed by atoms with van der Waals surface area (Å²) in [7, 11) is 0. The van der Waals surface area contributed by atoms with E-state index in [0.29, 0.717) is 5.92 Å². The number of aromatic nitrogens is 1. The lowest BCUT2D eigenvalue weighted by Crippen LogP contribution is -2.41. The molecule has 0 saturated carbocycles. The molecule has 4 nitrogen and oxygen atoms in total. The van der Waals surface area contributed by atoms with Gasteiger partial charge in [-0.15, -0.1) is 11.3 Å². The number of hydrogen-bond donors (Lipinski definition) is 0. The van der Waals surface area contributed by atoms with Crippen molar-refractivity contribution in [2.24, 2.45) is 0 Å². The van der Waals surface area contributed by atoms with Gasteiger partial charge < -0.3 is 9.64 Å². The molecule has 4 rings (SSSR count). The molecule has 2 aromatic carbocycles. The van der Waals surface area contributed by atoms with Crippen LogP contribution < -0.4 is 4.74 Å². The van der Waals surface area contributed by atoms with E-state index < -0.39 is 0 Å². The third-order valence-corrected chi connectivity index (χ3v) is 6.30. The van der Waals surface area contributed by atoms with Crippen LogP contribution in [0.2, 0.25) is 0 Å². The number of fused-ring (bicyclic) bond motifs is 1. The smallest absolute Gasteiger partial charge is 0.260 e. The van der Waals surface area contributed by atoms with Gasteiger partial charge in [0.05, 0.1) is 15.2 Å². The molecule has 0 aliphatic carbocycles. The molecule has 2 heterocycles. The summed E-state index contributed by atoms with van der Waals surface area (Å²) in [5, 5.41) is 1.14. The molecular weight excluding hydrogens is 356 g/mol. The van der Waals surface area contributed by atoms with Crippen LogP contribution in [0.15, 0.2) is 48.5 Å². The van der Waals surface area contributed by atoms with E-state index in [1.807, 2.05) is 35.2 Å². The summed E-state index contributed by atoms with van der Waals surface area (Å²) in [6.45, 7) is 3.75. The van der Waals surface area contributed by atoms with Gasteiger partial charge in [0.25, 0.3) is 5.91 Å². The predicted octanol–water partition coefficient (Wildman–Crippen LogP) is 4.64. The monoisotopic (exact) mass is 380 g/mol. The fraction of sp³-hybridized carbons (Fsp3) is 0.364. The van der Waals surface area contributed by atoms with Crippen LogP contribution in [0.4, 0.5) is 0 Å². The number of ether oxygens (including phenoxy) is 1. The van der Waals surface area contributed by atoms with E-state index in [1.165, 1.54) is 10.3 Å². The summed E-state index contributed by atoms with van der Waals surface area (Å²) in [5.74, 6) is 1.15. The van der Waals surface area contributed by atoms with Crippen LogP contribution in [-0.4, -0.2) is 35.5 Å². The van der Waals surface area contributed by atoms with E-state index in [1.54, 1.807) is 11.3 Å². The first-order valence-electron chi connectivity index (χ1n) is 9.58. The number of hydrogen-bond acceptors (Lipinski definition) is 4. The number of rotatable bonds is 5. The van der Waals surface area contributed by atoms with Crippen LogP contribution >= 0.6 is 11.3 Å². The molecule has 1 aliphatic heterocycles. The molecular formula is C22H24N2O2S. The molecule has 1 saturated heterocycles. The van der Waals surface area contributed by atoms with Crippen molar-refractivity contribution in [3.63, 3.8) is 0 Å². The SMILES string of the molecule is CCc1cccc(OCC(=O)N2CCC[C@@H](c3nc4ccccc4s3)C2)c1. The number of amides is 1. The minimum atomic E-state index is 0.0581. The Morgan fingerprint density at radius 2 is 2.15 bits per heavy atom. The van der Waals surface area contributed by atoms with Gasteiger partial charge in [0.2, 0.25) is 0 Å². The number of para-hydroxylation sites is 1. The highest BCUT2D eigenvalue weighted by Gasteiger charge is 2.27. The molecule has 0 N–H and O–H groups in total. The fourth-order valence-electron chi connectivity index (χ4n) is 3.56. The molecule has 1 aromatic heterocycles. The molecule has 0 radical (unpaired) electrons. The molecule has 0 unspecified atom stereocenters. The van der Waals surface area contributed by atoms with Crippen LogP contribution in [0.3, 0.4) is 0 Å². The lowest BCUT2D eigenvalue weighted by molar-refractivity contribution is -0.134. The highest BCUT2D eigenvalue weighted by atomic mass is 32.1. The summed E-state index contributed by atoms with van der Waals surface area (Å²) in [5.41, 5.74) is 2.27. The van der Waals surface area contributed by atoms with Crippen molar-refractivity contribution in [2.75, 3.05) is 19.7 Å². The Kier molecular flexibility index (Phi) is 5.39. The van der Waals surface area contributed by atoms with Gasteiger partial charge >= 0.3 is 0 Å². The van der Waals surface area contributed by atoms with Crippen LogP contribution in [0.5, 0.6) is 5.75 Å². The second-order valence-electron chi connectivity index (χ2n) is 6.99. The zero-order valence-corrected chi connectivity index (χ0v) is 16.4. The van der Waals surface area contributed by atoms with E-state index in [-0.39, 0.29) is 12.5 Å². The summed E-state index contributed by atoms with van der Waals surface area (Å²) < 4.78 is 6.97. The summed E-state index contributed by atoms with van der Waals surface area (Å²) in [4.78, 5) is 19.4. The largest absolute Gasteiger partial charge is 0.484 e. The second kappa shape index (κ2) is 8.09. The highest BCUT2D eigenvalue weighted by molar-refractivity contribution is 7.18. The highest BCUT2D eigenvalue weighted by Crippen LogP contribution is 2.33. The Balaban J connectivity index is 1.39. The number of thiazole rings is 1. The average molecular weight is 381 g/mol. The third-order valence-electron chi connectivity index (χ3n) is 5.10. The van der Waals surface area contributed by atoms with Crippen molar-refractivity contribution in [2.45, 2.75) is 32.1 Å². The number of carbonyl (C=O) groups excluding carboxylic acids is 1. The van der Waals surface area contributed by atoms with Crippen LogP contribution in [0.1, 0.15) is 36.3 Å². The first-order valence-corrected chi connectivity index (χ1v) is 10.4. The maximum absolute atomic E-state index is 12.7. The predicted molar refractivity (Wildman–Crippen MR) is 109 cm³/mol. The van der Waals surface area contributed by atoms with E-state index in [0.717, 1.165) is 48.6 Å². The Labute approximate surface area is 163 Å². The topological polar surface area (TPSA) is 42.4 Å². The van der Waals surface area contributed by atoms with E-state index >= 15 is 0 Å². The van der Waals surface area contributed by atoms with Gasteiger partial charge in [-0.25, -0.2) is 4.98 Å². The first-order chi connectivity index (χ1) is 13.2. The maximum atomic E-state index is 12.7. The van der Waals surface area contributed by atoms with Crippen molar-refractivity contribution in [3.05, 3.63) is 59.1 Å². The van der Waals surface area contributed by atoms with Crippen molar-refractivity contribution >= 4 is 27.5 Å². The summed E-state index contributed by atoms with van der Waals surface area (Å²) in [6.07, 6.45) is 3.06. The molecule has 3 aromatic rings. The lowest BCUT2D eigenvalue weighted by Gasteiger charge is -2.31. The molecule has 140 valence electrons. The van der Waals surface area contributed by atoms with Gasteiger partial charge in [-0.2, -0.15) is 0 Å². The molecule has 1 aliphatic rings. The summed E-state index contributed by atoms with van der Waals surface area (Å²) in [6, 6.07) is 16.2. The molecule has 1 amide bonds. The van der Waals surface area contributed by atoms with Crippen molar-refractivity contribution in [1.29, 1.82) is 0 Å². The van der Waals surface area contributed by atoms with Gasteiger partial charge in [0.1, 0.15) is 5.75 Å². The lowest BCUT2D eigenvalue weighted by atomic mass is 9.99. The number of benzene rings is 2. The van der Waals surface area contributed by atoms with Crippen LogP contribution in [0.25, 0.3) is 10.2 Å². The Bertz CT molecular complexity index is 904. The number of nitrogens with zero attached hydrogens (tertiary/aromatic N) is 2. The van der Waals surface area contributed by atoms with Crippen molar-refractivity contribution < 1.29 is 9.53 Å². The van der Waals surface area contributed by atoms with Crippen molar-refractivity contribution in [1.82, 2.24) is 9.88 Å². The third kappa shape index (κ3) is 4.14. The minimum Gasteiger partial charge on any atom is -0.484 e. The Morgan fingerprint density at radius 1 is 1.26 bits per heavy atom.